The van der Waals surface area contributed by atoms with Crippen LogP contribution in [0.3, 0.4) is 0 Å². The Balaban J connectivity index is 3.07. The van der Waals surface area contributed by atoms with Crippen molar-refractivity contribution in [1.29, 1.82) is 0 Å². The molecule has 0 radical (unpaired) electrons. The molecular formula is C14H25N3O. The minimum atomic E-state index is -0.305. The van der Waals surface area contributed by atoms with Gasteiger partial charge in [0.25, 0.3) is 0 Å². The van der Waals surface area contributed by atoms with Crippen molar-refractivity contribution in [3.8, 4) is 0 Å². The lowest BCUT2D eigenvalue weighted by atomic mass is 9.92. The molecule has 0 aliphatic rings. The maximum atomic E-state index is 9.52. The van der Waals surface area contributed by atoms with Crippen molar-refractivity contribution in [3.63, 3.8) is 0 Å². The average molecular weight is 251 g/mol. The summed E-state index contributed by atoms with van der Waals surface area (Å²) in [5.41, 5.74) is 7.10. The fraction of sp³-hybridized carbons (Fsp3) is 0.643. The number of nitrogens with zero attached hydrogens (tertiary/aromatic N) is 2. The Labute approximate surface area is 110 Å². The summed E-state index contributed by atoms with van der Waals surface area (Å²) in [4.78, 5) is 6.20. The second-order valence-electron chi connectivity index (χ2n) is 5.38. The predicted molar refractivity (Wildman–Crippen MR) is 74.2 cm³/mol. The molecule has 2 atom stereocenters. The van der Waals surface area contributed by atoms with E-state index in [1.165, 1.54) is 0 Å². The number of aromatic nitrogens is 1. The third-order valence-electron chi connectivity index (χ3n) is 3.68. The number of nitrogens with two attached hydrogens (primary N) is 1. The van der Waals surface area contributed by atoms with Crippen LogP contribution in [0.25, 0.3) is 0 Å². The van der Waals surface area contributed by atoms with E-state index in [2.05, 4.69) is 16.8 Å². The van der Waals surface area contributed by atoms with Gasteiger partial charge in [0.15, 0.2) is 0 Å². The van der Waals surface area contributed by atoms with Crippen LogP contribution in [0, 0.1) is 0 Å². The molecule has 0 aliphatic carbocycles. The van der Waals surface area contributed by atoms with E-state index in [0.29, 0.717) is 0 Å². The molecule has 2 unspecified atom stereocenters. The SMILES string of the molecule is CCC(N)C(c1ccncc1)N(C)C(C)(C)CO. The number of aliphatic hydroxyl groups is 1. The lowest BCUT2D eigenvalue weighted by Gasteiger charge is -2.42. The summed E-state index contributed by atoms with van der Waals surface area (Å²) in [6, 6.07) is 4.09. The molecule has 4 nitrogen and oxygen atoms in total. The van der Waals surface area contributed by atoms with Gasteiger partial charge in [0.1, 0.15) is 0 Å². The van der Waals surface area contributed by atoms with E-state index in [1.54, 1.807) is 12.4 Å². The molecule has 1 aromatic heterocycles. The molecule has 0 amide bonds. The van der Waals surface area contributed by atoms with Gasteiger partial charge < -0.3 is 10.8 Å². The third-order valence-corrected chi connectivity index (χ3v) is 3.68. The molecule has 1 rings (SSSR count). The van der Waals surface area contributed by atoms with Gasteiger partial charge in [0.2, 0.25) is 0 Å². The Hall–Kier alpha value is -0.970. The van der Waals surface area contributed by atoms with Crippen molar-refractivity contribution in [1.82, 2.24) is 9.88 Å². The van der Waals surface area contributed by atoms with Gasteiger partial charge in [0.05, 0.1) is 12.6 Å². The molecule has 1 heterocycles. The summed E-state index contributed by atoms with van der Waals surface area (Å²) in [6.45, 7) is 6.22. The third kappa shape index (κ3) is 3.28. The number of pyridine rings is 1. The number of rotatable bonds is 6. The Bertz CT molecular complexity index is 353. The van der Waals surface area contributed by atoms with Crippen molar-refractivity contribution >= 4 is 0 Å². The van der Waals surface area contributed by atoms with Crippen LogP contribution in [0.1, 0.15) is 38.8 Å². The zero-order valence-corrected chi connectivity index (χ0v) is 11.8. The molecule has 3 N–H and O–H groups in total. The first-order valence-electron chi connectivity index (χ1n) is 6.43. The Morgan fingerprint density at radius 3 is 2.39 bits per heavy atom. The summed E-state index contributed by atoms with van der Waals surface area (Å²) in [6.07, 6.45) is 4.45. The highest BCUT2D eigenvalue weighted by Gasteiger charge is 2.32. The number of likely N-dealkylation sites (N-methyl/N-ethyl adjacent to an activating group) is 1. The van der Waals surface area contributed by atoms with Crippen LogP contribution in [0.5, 0.6) is 0 Å². The summed E-state index contributed by atoms with van der Waals surface area (Å²) in [5.74, 6) is 0. The second-order valence-corrected chi connectivity index (χ2v) is 5.38. The first kappa shape index (κ1) is 15.1. The summed E-state index contributed by atoms with van der Waals surface area (Å²) >= 11 is 0. The van der Waals surface area contributed by atoms with E-state index in [1.807, 2.05) is 33.0 Å². The van der Waals surface area contributed by atoms with Gasteiger partial charge in [-0.2, -0.15) is 0 Å². The van der Waals surface area contributed by atoms with E-state index >= 15 is 0 Å². The zero-order chi connectivity index (χ0) is 13.8. The highest BCUT2D eigenvalue weighted by atomic mass is 16.3. The van der Waals surface area contributed by atoms with Crippen LogP contribution in [0.4, 0.5) is 0 Å². The fourth-order valence-corrected chi connectivity index (χ4v) is 2.03. The van der Waals surface area contributed by atoms with E-state index in [-0.39, 0.29) is 24.2 Å². The molecule has 0 aliphatic heterocycles. The Kier molecular flexibility index (Phi) is 5.26. The summed E-state index contributed by atoms with van der Waals surface area (Å²) < 4.78 is 0. The highest BCUT2D eigenvalue weighted by Crippen LogP contribution is 2.29. The van der Waals surface area contributed by atoms with Crippen molar-refractivity contribution in [2.24, 2.45) is 5.73 Å². The van der Waals surface area contributed by atoms with Crippen molar-refractivity contribution < 1.29 is 5.11 Å². The lowest BCUT2D eigenvalue weighted by molar-refractivity contribution is 0.0345. The molecule has 0 spiro atoms. The van der Waals surface area contributed by atoms with Gasteiger partial charge in [-0.15, -0.1) is 0 Å². The largest absolute Gasteiger partial charge is 0.394 e. The van der Waals surface area contributed by atoms with E-state index in [4.69, 9.17) is 5.73 Å². The molecule has 1 aromatic rings. The smallest absolute Gasteiger partial charge is 0.0610 e. The standard InChI is InChI=1S/C14H25N3O/c1-5-12(15)13(11-6-8-16-9-7-11)17(4)14(2,3)10-18/h6-9,12-13,18H,5,10,15H2,1-4H3. The average Bonchev–Trinajstić information content (AvgIpc) is 2.39. The molecule has 102 valence electrons. The molecule has 4 heteroatoms. The summed E-state index contributed by atoms with van der Waals surface area (Å²) in [5, 5.41) is 9.52. The molecule has 0 bridgehead atoms. The molecular weight excluding hydrogens is 226 g/mol. The summed E-state index contributed by atoms with van der Waals surface area (Å²) in [7, 11) is 2.01. The van der Waals surface area contributed by atoms with Crippen LogP contribution in [-0.4, -0.2) is 40.2 Å². The van der Waals surface area contributed by atoms with E-state index in [9.17, 15) is 5.11 Å². The van der Waals surface area contributed by atoms with Crippen LogP contribution in [0.15, 0.2) is 24.5 Å². The van der Waals surface area contributed by atoms with Crippen molar-refractivity contribution in [3.05, 3.63) is 30.1 Å². The molecule has 0 fully saturated rings. The molecule has 0 aromatic carbocycles. The number of hydrogen-bond acceptors (Lipinski definition) is 4. The maximum absolute atomic E-state index is 9.52. The normalized spacial score (nSPS) is 15.7. The fourth-order valence-electron chi connectivity index (χ4n) is 2.03. The van der Waals surface area contributed by atoms with Gasteiger partial charge in [0, 0.05) is 24.0 Å². The first-order chi connectivity index (χ1) is 8.44. The Morgan fingerprint density at radius 2 is 1.94 bits per heavy atom. The van der Waals surface area contributed by atoms with Crippen LogP contribution >= 0.6 is 0 Å². The van der Waals surface area contributed by atoms with Gasteiger partial charge in [-0.3, -0.25) is 9.88 Å². The van der Waals surface area contributed by atoms with Crippen molar-refractivity contribution in [2.75, 3.05) is 13.7 Å². The highest BCUT2D eigenvalue weighted by molar-refractivity contribution is 5.18. The number of aliphatic hydroxyl groups excluding tert-OH is 1. The van der Waals surface area contributed by atoms with E-state index < -0.39 is 0 Å². The minimum Gasteiger partial charge on any atom is -0.394 e. The van der Waals surface area contributed by atoms with E-state index in [0.717, 1.165) is 12.0 Å². The van der Waals surface area contributed by atoms with Crippen LogP contribution in [-0.2, 0) is 0 Å². The van der Waals surface area contributed by atoms with Crippen LogP contribution in [0.2, 0.25) is 0 Å². The lowest BCUT2D eigenvalue weighted by Crippen LogP contribution is -2.51. The topological polar surface area (TPSA) is 62.4 Å². The van der Waals surface area contributed by atoms with Crippen molar-refractivity contribution in [2.45, 2.75) is 44.8 Å². The maximum Gasteiger partial charge on any atom is 0.0610 e. The monoisotopic (exact) mass is 251 g/mol. The molecule has 0 saturated carbocycles. The quantitative estimate of drug-likeness (QED) is 0.805. The van der Waals surface area contributed by atoms with Gasteiger partial charge >= 0.3 is 0 Å². The molecule has 0 saturated heterocycles. The van der Waals surface area contributed by atoms with Gasteiger partial charge in [-0.25, -0.2) is 0 Å². The zero-order valence-electron chi connectivity index (χ0n) is 11.8. The Morgan fingerprint density at radius 1 is 1.39 bits per heavy atom. The predicted octanol–water partition coefficient (Wildman–Crippen LogP) is 1.56. The van der Waals surface area contributed by atoms with Gasteiger partial charge in [-0.1, -0.05) is 6.92 Å². The van der Waals surface area contributed by atoms with Gasteiger partial charge in [-0.05, 0) is 45.0 Å². The first-order valence-corrected chi connectivity index (χ1v) is 6.43. The number of hydrogen-bond donors (Lipinski definition) is 2. The molecule has 18 heavy (non-hydrogen) atoms. The second kappa shape index (κ2) is 6.27. The minimum absolute atomic E-state index is 0.0308. The van der Waals surface area contributed by atoms with Crippen LogP contribution < -0.4 is 5.73 Å².